The summed E-state index contributed by atoms with van der Waals surface area (Å²) in [6.07, 6.45) is 6.36. The molecule has 0 bridgehead atoms. The highest BCUT2D eigenvalue weighted by atomic mass is 33.1. The normalized spacial score (nSPS) is 15.3. The Hall–Kier alpha value is 5.63. The maximum Gasteiger partial charge on any atom is 0.102 e. The molecule has 0 atom stereocenters. The molecular weight excluding hydrogens is 1040 g/mol. The number of rotatable bonds is 42. The van der Waals surface area contributed by atoms with Gasteiger partial charge in [0.15, 0.2) is 0 Å². The highest BCUT2D eigenvalue weighted by molar-refractivity contribution is 8.78. The van der Waals surface area contributed by atoms with Crippen molar-refractivity contribution >= 4 is 194 Å². The summed E-state index contributed by atoms with van der Waals surface area (Å²) < 4.78 is 17.0. The third-order valence-corrected chi connectivity index (χ3v) is 26.9. The van der Waals surface area contributed by atoms with Gasteiger partial charge >= 0.3 is 0 Å². The number of aliphatic hydroxyl groups is 1. The number of ether oxygens (including phenoxy) is 3. The maximum atomic E-state index is 8.66. The zero-order valence-corrected chi connectivity index (χ0v) is 46.6. The van der Waals surface area contributed by atoms with E-state index in [1.165, 1.54) is 51.9 Å². The minimum atomic E-state index is 0.279. The molecule has 0 aromatic heterocycles. The summed E-state index contributed by atoms with van der Waals surface area (Å²) in [7, 11) is 11.2. The summed E-state index contributed by atoms with van der Waals surface area (Å²) in [4.78, 5) is 5.01. The summed E-state index contributed by atoms with van der Waals surface area (Å²) in [6.45, 7) is 7.19. The topological polar surface area (TPSA) is 78.5 Å². The maximum absolute atomic E-state index is 8.66. The van der Waals surface area contributed by atoms with E-state index >= 15 is 0 Å². The van der Waals surface area contributed by atoms with Gasteiger partial charge in [0.2, 0.25) is 0 Å². The van der Waals surface area contributed by atoms with Crippen molar-refractivity contribution in [1.82, 2.24) is 20.4 Å². The van der Waals surface area contributed by atoms with Crippen LogP contribution in [-0.2, 0) is 14.2 Å². The largest absolute Gasteiger partial charge is 0.396 e. The lowest BCUT2D eigenvalue weighted by Gasteiger charge is -2.25. The first kappa shape index (κ1) is 59.6. The number of hydrogen-bond acceptors (Lipinski definition) is 25. The van der Waals surface area contributed by atoms with E-state index in [0.29, 0.717) is 0 Å². The van der Waals surface area contributed by atoms with Gasteiger partial charge in [-0.25, -0.2) is 0 Å². The molecule has 2 saturated heterocycles. The van der Waals surface area contributed by atoms with Gasteiger partial charge in [-0.1, -0.05) is 64.8 Å². The smallest absolute Gasteiger partial charge is 0.102 e. The van der Waals surface area contributed by atoms with Crippen molar-refractivity contribution in [1.29, 1.82) is 0 Å². The summed E-state index contributed by atoms with van der Waals surface area (Å²) in [5, 5.41) is 26.0. The standard InChI is InChI=1S/C17H36N2O2S10.C14H30N2O2S7/c1-22-13-30-28-11-20-6-2-4-18-8-23-14-26-16-27-17-31-29-12-21-7-3-5-19-9-24-15-25-10-19;17-5-1-3-15-7-19-11-22-13-23-14-25-24-10-18-6-2-4-16-8-20-12-21-9-16/h18H,2-17H2,1H3;15,17H,1-14H2. The molecule has 2 aliphatic rings. The lowest BCUT2D eigenvalue weighted by Crippen LogP contribution is -2.27. The average molecular weight is 1100 g/mol. The van der Waals surface area contributed by atoms with Crippen LogP contribution in [0, 0.1) is 0 Å². The van der Waals surface area contributed by atoms with Crippen molar-refractivity contribution < 1.29 is 19.3 Å². The van der Waals surface area contributed by atoms with E-state index < -0.39 is 0 Å². The predicted molar refractivity (Wildman–Crippen MR) is 295 cm³/mol. The third kappa shape index (κ3) is 47.6. The van der Waals surface area contributed by atoms with Crippen LogP contribution < -0.4 is 10.6 Å². The Morgan fingerprint density at radius 2 is 0.911 bits per heavy atom. The van der Waals surface area contributed by atoms with Gasteiger partial charge in [-0.05, 0) is 45.0 Å². The second kappa shape index (κ2) is 53.2. The summed E-state index contributed by atoms with van der Waals surface area (Å²) in [5.74, 6) is 9.18. The summed E-state index contributed by atoms with van der Waals surface area (Å²) in [6, 6.07) is 0. The van der Waals surface area contributed by atoms with Crippen molar-refractivity contribution in [2.45, 2.75) is 25.7 Å². The van der Waals surface area contributed by atoms with Crippen molar-refractivity contribution in [3.63, 3.8) is 0 Å². The monoisotopic (exact) mass is 1100 g/mol. The Morgan fingerprint density at radius 3 is 1.38 bits per heavy atom. The Balaban J connectivity index is 0.000000573. The van der Waals surface area contributed by atoms with Crippen molar-refractivity contribution in [2.75, 3.05) is 158 Å². The van der Waals surface area contributed by atoms with Crippen LogP contribution >= 0.6 is 194 Å². The van der Waals surface area contributed by atoms with E-state index in [2.05, 4.69) is 26.7 Å². The first-order chi connectivity index (χ1) is 27.9. The SMILES string of the molecule is CSCSSCOCCCNCSCSCSCSSCOCCCN1CSCSC1.OCCCNCSCSCSCSSCOCCCN1CSCSC1. The number of nitrogens with one attached hydrogen (secondary N) is 2. The fourth-order valence-corrected chi connectivity index (χ4v) is 22.4. The number of hydrogen-bond donors (Lipinski definition) is 3. The molecule has 25 heteroatoms. The van der Waals surface area contributed by atoms with Crippen LogP contribution in [0.15, 0.2) is 0 Å². The van der Waals surface area contributed by atoms with Gasteiger partial charge in [-0.2, -0.15) is 11.8 Å². The third-order valence-electron chi connectivity index (χ3n) is 6.26. The molecule has 0 unspecified atom stereocenters. The van der Waals surface area contributed by atoms with E-state index in [9.17, 15) is 0 Å². The molecule has 336 valence electrons. The molecule has 0 saturated carbocycles. The quantitative estimate of drug-likeness (QED) is 0.0308. The first-order valence-corrected chi connectivity index (χ1v) is 38.5. The molecule has 56 heavy (non-hydrogen) atoms. The van der Waals surface area contributed by atoms with Gasteiger partial charge < -0.3 is 30.0 Å². The summed E-state index contributed by atoms with van der Waals surface area (Å²) in [5.41, 5.74) is 0. The fourth-order valence-electron chi connectivity index (χ4n) is 3.74. The van der Waals surface area contributed by atoms with E-state index in [1.54, 1.807) is 10.8 Å². The Kier molecular flexibility index (Phi) is 56.7. The van der Waals surface area contributed by atoms with E-state index in [-0.39, 0.29) is 6.61 Å². The van der Waals surface area contributed by atoms with Crippen LogP contribution in [-0.4, -0.2) is 173 Å². The van der Waals surface area contributed by atoms with Crippen LogP contribution in [0.25, 0.3) is 0 Å². The van der Waals surface area contributed by atoms with E-state index in [1.807, 2.05) is 183 Å². The molecule has 0 spiro atoms. The Morgan fingerprint density at radius 1 is 0.500 bits per heavy atom. The number of aliphatic hydroxyl groups excluding tert-OH is 1. The van der Waals surface area contributed by atoms with Gasteiger partial charge in [0.1, 0.15) is 17.8 Å². The molecular formula is C31H66N4O4S17. The zero-order chi connectivity index (χ0) is 39.9. The van der Waals surface area contributed by atoms with Crippen LogP contribution in [0.4, 0.5) is 0 Å². The predicted octanol–water partition coefficient (Wildman–Crippen LogP) is 11.5. The van der Waals surface area contributed by atoms with Crippen molar-refractivity contribution in [3.8, 4) is 0 Å². The Labute approximate surface area is 412 Å². The van der Waals surface area contributed by atoms with Gasteiger partial charge in [0, 0.05) is 110 Å². The van der Waals surface area contributed by atoms with E-state index in [0.717, 1.165) is 119 Å². The second-order valence-electron chi connectivity index (χ2n) is 10.9. The van der Waals surface area contributed by atoms with Gasteiger partial charge in [-0.15, -0.1) is 118 Å². The van der Waals surface area contributed by atoms with Gasteiger partial charge in [-0.3, -0.25) is 9.80 Å². The molecule has 8 nitrogen and oxygen atoms in total. The molecule has 0 aromatic rings. The molecule has 0 aliphatic carbocycles. The Bertz CT molecular complexity index is 754. The molecule has 3 N–H and O–H groups in total. The zero-order valence-electron chi connectivity index (χ0n) is 32.7. The number of thioether (sulfide) groups is 11. The van der Waals surface area contributed by atoms with Gasteiger partial charge in [0.05, 0.1) is 10.2 Å². The minimum absolute atomic E-state index is 0.279. The lowest BCUT2D eigenvalue weighted by atomic mass is 10.4. The van der Waals surface area contributed by atoms with E-state index in [4.69, 9.17) is 19.3 Å². The van der Waals surface area contributed by atoms with Crippen LogP contribution in [0.5, 0.6) is 0 Å². The molecule has 0 amide bonds. The van der Waals surface area contributed by atoms with Crippen molar-refractivity contribution in [2.24, 2.45) is 0 Å². The summed E-state index contributed by atoms with van der Waals surface area (Å²) >= 11 is 21.8. The minimum Gasteiger partial charge on any atom is -0.396 e. The molecule has 2 heterocycles. The van der Waals surface area contributed by atoms with Crippen LogP contribution in [0.1, 0.15) is 25.7 Å². The highest BCUT2D eigenvalue weighted by Crippen LogP contribution is 2.30. The fraction of sp³-hybridized carbons (Fsp3) is 1.00. The average Bonchev–Trinajstić information content (AvgIpc) is 3.23. The molecule has 0 radical (unpaired) electrons. The van der Waals surface area contributed by atoms with Crippen molar-refractivity contribution in [3.05, 3.63) is 0 Å². The molecule has 0 aromatic carbocycles. The van der Waals surface area contributed by atoms with Crippen LogP contribution in [0.2, 0.25) is 0 Å². The lowest BCUT2D eigenvalue weighted by molar-refractivity contribution is 0.169. The number of nitrogens with zero attached hydrogens (tertiary/aromatic N) is 2. The first-order valence-electron chi connectivity index (χ1n) is 18.1. The molecule has 2 fully saturated rings. The molecule has 2 aliphatic heterocycles. The van der Waals surface area contributed by atoms with Crippen LogP contribution in [0.3, 0.4) is 0 Å². The highest BCUT2D eigenvalue weighted by Gasteiger charge is 2.10. The second-order valence-corrected chi connectivity index (χ2v) is 32.0. The molecule has 2 rings (SSSR count). The van der Waals surface area contributed by atoms with Gasteiger partial charge in [0.25, 0.3) is 0 Å².